The quantitative estimate of drug-likeness (QED) is 0.607. The first-order chi connectivity index (χ1) is 5.59. The van der Waals surface area contributed by atoms with Gasteiger partial charge in [0.25, 0.3) is 0 Å². The number of ether oxygens (including phenoxy) is 2. The van der Waals surface area contributed by atoms with Crippen LogP contribution >= 0.6 is 0 Å². The van der Waals surface area contributed by atoms with Gasteiger partial charge in [0.2, 0.25) is 0 Å². The first-order valence-corrected chi connectivity index (χ1v) is 3.38. The van der Waals surface area contributed by atoms with Crippen molar-refractivity contribution in [3.8, 4) is 0 Å². The van der Waals surface area contributed by atoms with E-state index in [4.69, 9.17) is 10.2 Å². The highest BCUT2D eigenvalue weighted by Crippen LogP contribution is 2.26. The average Bonchev–Trinajstić information content (AvgIpc) is 1.93. The number of carboxylic acid groups (broad SMARTS) is 2. The number of hydrogen-bond acceptors (Lipinski definition) is 4. The second-order valence-electron chi connectivity index (χ2n) is 2.42. The van der Waals surface area contributed by atoms with Gasteiger partial charge in [-0.15, -0.1) is 0 Å². The van der Waals surface area contributed by atoms with E-state index in [9.17, 15) is 9.59 Å². The Kier molecular flexibility index (Phi) is 2.37. The molecule has 0 amide bonds. The molecule has 1 rings (SSSR count). The van der Waals surface area contributed by atoms with Crippen molar-refractivity contribution < 1.29 is 29.3 Å². The Hall–Kier alpha value is -1.46. The predicted molar refractivity (Wildman–Crippen MR) is 35.0 cm³/mol. The van der Waals surface area contributed by atoms with Gasteiger partial charge in [0.1, 0.15) is 12.2 Å². The molecule has 2 atom stereocenters. The van der Waals surface area contributed by atoms with Crippen LogP contribution in [0.5, 0.6) is 0 Å². The second-order valence-corrected chi connectivity index (χ2v) is 2.42. The molecule has 0 aromatic rings. The third-order valence-electron chi connectivity index (χ3n) is 1.65. The number of carbonyl (C=O) groups is 2. The van der Waals surface area contributed by atoms with Crippen molar-refractivity contribution in [2.45, 2.75) is 25.0 Å². The molecule has 1 aliphatic carbocycles. The van der Waals surface area contributed by atoms with Crippen LogP contribution in [0, 0.1) is 0 Å². The molecule has 1 saturated carbocycles. The zero-order chi connectivity index (χ0) is 9.14. The molecule has 0 unspecified atom stereocenters. The van der Waals surface area contributed by atoms with E-state index in [1.807, 2.05) is 0 Å². The molecule has 0 aromatic carbocycles. The molecule has 1 fully saturated rings. The highest BCUT2D eigenvalue weighted by Gasteiger charge is 2.37. The van der Waals surface area contributed by atoms with Crippen LogP contribution in [0.25, 0.3) is 0 Å². The minimum absolute atomic E-state index is 0.518. The summed E-state index contributed by atoms with van der Waals surface area (Å²) in [5, 5.41) is 16.4. The Bertz CT molecular complexity index is 178. The average molecular weight is 176 g/mol. The summed E-state index contributed by atoms with van der Waals surface area (Å²) in [5.41, 5.74) is 0. The van der Waals surface area contributed by atoms with E-state index >= 15 is 0 Å². The zero-order valence-corrected chi connectivity index (χ0v) is 6.10. The van der Waals surface area contributed by atoms with E-state index in [1.54, 1.807) is 0 Å². The Morgan fingerprint density at radius 2 is 1.33 bits per heavy atom. The van der Waals surface area contributed by atoms with Crippen LogP contribution in [0.3, 0.4) is 0 Å². The standard InChI is InChI=1S/C6H8O6/c7-5(8)11-3-1-2-4(3)12-6(9)10/h3-4H,1-2H2,(H,7,8)(H,9,10)/t3-,4+. The number of hydrogen-bond donors (Lipinski definition) is 2. The first kappa shape index (κ1) is 8.63. The van der Waals surface area contributed by atoms with Gasteiger partial charge in [-0.25, -0.2) is 9.59 Å². The first-order valence-electron chi connectivity index (χ1n) is 3.38. The fraction of sp³-hybridized carbons (Fsp3) is 0.667. The molecule has 0 aliphatic heterocycles. The minimum atomic E-state index is -1.40. The van der Waals surface area contributed by atoms with Crippen molar-refractivity contribution in [3.05, 3.63) is 0 Å². The maximum absolute atomic E-state index is 10.0. The Labute approximate surface area is 67.7 Å². The fourth-order valence-corrected chi connectivity index (χ4v) is 0.967. The molecule has 6 nitrogen and oxygen atoms in total. The van der Waals surface area contributed by atoms with Gasteiger partial charge in [-0.3, -0.25) is 0 Å². The van der Waals surface area contributed by atoms with E-state index in [0.717, 1.165) is 0 Å². The zero-order valence-electron chi connectivity index (χ0n) is 6.10. The van der Waals surface area contributed by atoms with Crippen LogP contribution in [0.4, 0.5) is 9.59 Å². The summed E-state index contributed by atoms with van der Waals surface area (Å²) in [7, 11) is 0. The largest absolute Gasteiger partial charge is 0.506 e. The lowest BCUT2D eigenvalue weighted by Gasteiger charge is -2.32. The van der Waals surface area contributed by atoms with Crippen molar-refractivity contribution in [1.29, 1.82) is 0 Å². The van der Waals surface area contributed by atoms with Gasteiger partial charge in [0, 0.05) is 0 Å². The van der Waals surface area contributed by atoms with Crippen molar-refractivity contribution in [1.82, 2.24) is 0 Å². The second kappa shape index (κ2) is 3.29. The molecule has 0 spiro atoms. The third kappa shape index (κ3) is 2.01. The van der Waals surface area contributed by atoms with Gasteiger partial charge in [0.05, 0.1) is 0 Å². The molecule has 0 saturated heterocycles. The Balaban J connectivity index is 2.29. The van der Waals surface area contributed by atoms with Gasteiger partial charge in [-0.2, -0.15) is 0 Å². The van der Waals surface area contributed by atoms with Gasteiger partial charge in [-0.05, 0) is 12.8 Å². The van der Waals surface area contributed by atoms with Crippen LogP contribution in [0.15, 0.2) is 0 Å². The van der Waals surface area contributed by atoms with E-state index in [0.29, 0.717) is 12.8 Å². The van der Waals surface area contributed by atoms with Gasteiger partial charge >= 0.3 is 12.3 Å². The van der Waals surface area contributed by atoms with E-state index in [1.165, 1.54) is 0 Å². The normalized spacial score (nSPS) is 27.0. The maximum atomic E-state index is 10.0. The lowest BCUT2D eigenvalue weighted by molar-refractivity contribution is -0.0895. The summed E-state index contributed by atoms with van der Waals surface area (Å²) >= 11 is 0. The number of rotatable bonds is 2. The lowest BCUT2D eigenvalue weighted by atomic mass is 9.92. The molecule has 68 valence electrons. The maximum Gasteiger partial charge on any atom is 0.506 e. The molecule has 6 heteroatoms. The third-order valence-corrected chi connectivity index (χ3v) is 1.65. The molecule has 0 bridgehead atoms. The van der Waals surface area contributed by atoms with Crippen LogP contribution in [-0.4, -0.2) is 34.7 Å². The molecule has 0 radical (unpaired) electrons. The highest BCUT2D eigenvalue weighted by molar-refractivity contribution is 5.58. The lowest BCUT2D eigenvalue weighted by Crippen LogP contribution is -2.43. The summed E-state index contributed by atoms with van der Waals surface area (Å²) < 4.78 is 8.66. The fourth-order valence-electron chi connectivity index (χ4n) is 0.967. The summed E-state index contributed by atoms with van der Waals surface area (Å²) in [6, 6.07) is 0. The van der Waals surface area contributed by atoms with Crippen molar-refractivity contribution in [2.24, 2.45) is 0 Å². The van der Waals surface area contributed by atoms with E-state index < -0.39 is 24.5 Å². The molecule has 1 aliphatic rings. The topological polar surface area (TPSA) is 93.1 Å². The molecule has 0 heterocycles. The van der Waals surface area contributed by atoms with Crippen molar-refractivity contribution in [3.63, 3.8) is 0 Å². The van der Waals surface area contributed by atoms with E-state index in [-0.39, 0.29) is 0 Å². The van der Waals surface area contributed by atoms with Crippen LogP contribution in [0.2, 0.25) is 0 Å². The Morgan fingerprint density at radius 3 is 1.50 bits per heavy atom. The summed E-state index contributed by atoms with van der Waals surface area (Å²) in [6.07, 6.45) is -3.02. The van der Waals surface area contributed by atoms with Crippen LogP contribution < -0.4 is 0 Å². The summed E-state index contributed by atoms with van der Waals surface area (Å²) in [4.78, 5) is 20.0. The van der Waals surface area contributed by atoms with Crippen LogP contribution in [0.1, 0.15) is 12.8 Å². The van der Waals surface area contributed by atoms with Crippen LogP contribution in [-0.2, 0) is 9.47 Å². The predicted octanol–water partition coefficient (Wildman–Crippen LogP) is 0.907. The smallest absolute Gasteiger partial charge is 0.450 e. The molecular weight excluding hydrogens is 168 g/mol. The van der Waals surface area contributed by atoms with Crippen molar-refractivity contribution >= 4 is 12.3 Å². The highest BCUT2D eigenvalue weighted by atomic mass is 16.7. The van der Waals surface area contributed by atoms with E-state index in [2.05, 4.69) is 9.47 Å². The SMILES string of the molecule is O=C(O)O[C@H]1CC[C@H]1OC(=O)O. The molecule has 2 N–H and O–H groups in total. The van der Waals surface area contributed by atoms with Gasteiger partial charge in [0.15, 0.2) is 0 Å². The van der Waals surface area contributed by atoms with Gasteiger partial charge < -0.3 is 19.7 Å². The molecule has 0 aromatic heterocycles. The van der Waals surface area contributed by atoms with Gasteiger partial charge in [-0.1, -0.05) is 0 Å². The van der Waals surface area contributed by atoms with Crippen molar-refractivity contribution in [2.75, 3.05) is 0 Å². The summed E-state index contributed by atoms with van der Waals surface area (Å²) in [5.74, 6) is 0. The molecule has 12 heavy (non-hydrogen) atoms. The Morgan fingerprint density at radius 1 is 1.00 bits per heavy atom. The monoisotopic (exact) mass is 176 g/mol. The summed E-state index contributed by atoms with van der Waals surface area (Å²) in [6.45, 7) is 0. The minimum Gasteiger partial charge on any atom is -0.450 e. The molecular formula is C6H8O6.